The van der Waals surface area contributed by atoms with E-state index in [0.29, 0.717) is 5.75 Å². The Bertz CT molecular complexity index is 1160. The number of carboxylic acids is 1. The molecule has 9 heteroatoms. The predicted molar refractivity (Wildman–Crippen MR) is 125 cm³/mol. The van der Waals surface area contributed by atoms with Crippen LogP contribution in [0.15, 0.2) is 59.5 Å². The van der Waals surface area contributed by atoms with Crippen molar-refractivity contribution in [1.29, 1.82) is 0 Å². The van der Waals surface area contributed by atoms with Gasteiger partial charge in [0, 0.05) is 13.1 Å². The lowest BCUT2D eigenvalue weighted by Gasteiger charge is -2.38. The first kappa shape index (κ1) is 25.1. The number of hydrogen-bond acceptors (Lipinski definition) is 6. The number of amides is 1. The van der Waals surface area contributed by atoms with E-state index in [0.717, 1.165) is 5.56 Å². The van der Waals surface area contributed by atoms with E-state index in [1.165, 1.54) is 29.2 Å². The second-order valence-electron chi connectivity index (χ2n) is 8.06. The second-order valence-corrected chi connectivity index (χ2v) is 10.0. The molecule has 0 bridgehead atoms. The van der Waals surface area contributed by atoms with Crippen LogP contribution in [0.2, 0.25) is 0 Å². The monoisotopic (exact) mass is 485 g/mol. The highest BCUT2D eigenvalue weighted by Gasteiger charge is 2.46. The number of sulfone groups is 1. The molecular formula is C25H27NO7S. The number of benzene rings is 2. The number of carbonyl (C=O) groups is 2. The van der Waals surface area contributed by atoms with Crippen molar-refractivity contribution in [2.75, 3.05) is 25.4 Å². The summed E-state index contributed by atoms with van der Waals surface area (Å²) in [6, 6.07) is 15.0. The Hall–Kier alpha value is -3.51. The van der Waals surface area contributed by atoms with Crippen molar-refractivity contribution in [1.82, 2.24) is 4.90 Å². The number of piperidine rings is 1. The number of carboxylic acid groups (broad SMARTS) is 1. The Morgan fingerprint density at radius 1 is 1.06 bits per heavy atom. The van der Waals surface area contributed by atoms with Crippen molar-refractivity contribution in [2.45, 2.75) is 31.3 Å². The van der Waals surface area contributed by atoms with E-state index in [4.69, 9.17) is 9.47 Å². The van der Waals surface area contributed by atoms with Crippen molar-refractivity contribution >= 4 is 21.9 Å². The zero-order valence-corrected chi connectivity index (χ0v) is 19.7. The Balaban J connectivity index is 1.62. The molecule has 34 heavy (non-hydrogen) atoms. The molecule has 0 atom stereocenters. The average Bonchev–Trinajstić information content (AvgIpc) is 2.84. The third-order valence-electron chi connectivity index (χ3n) is 5.77. The molecule has 0 aliphatic carbocycles. The van der Waals surface area contributed by atoms with Crippen LogP contribution in [-0.4, -0.2) is 55.9 Å². The number of carbonyl (C=O) groups excluding carboxylic acids is 1. The second kappa shape index (κ2) is 11.1. The maximum absolute atomic E-state index is 13.0. The third-order valence-corrected chi connectivity index (χ3v) is 7.70. The van der Waals surface area contributed by atoms with Crippen LogP contribution in [-0.2, 0) is 26.0 Å². The summed E-state index contributed by atoms with van der Waals surface area (Å²) in [5.41, 5.74) is -0.644. The maximum atomic E-state index is 13.0. The number of nitrogens with zero attached hydrogens (tertiary/aromatic N) is 1. The van der Waals surface area contributed by atoms with Gasteiger partial charge in [-0.2, -0.15) is 0 Å². The van der Waals surface area contributed by atoms with Crippen LogP contribution in [0.5, 0.6) is 5.75 Å². The minimum Gasteiger partial charge on any atom is -0.481 e. The Morgan fingerprint density at radius 2 is 1.71 bits per heavy atom. The summed E-state index contributed by atoms with van der Waals surface area (Å²) in [4.78, 5) is 26.0. The summed E-state index contributed by atoms with van der Waals surface area (Å²) in [6.45, 7) is 2.19. The van der Waals surface area contributed by atoms with Crippen molar-refractivity contribution in [3.05, 3.63) is 60.2 Å². The lowest BCUT2D eigenvalue weighted by molar-refractivity contribution is -0.150. The van der Waals surface area contributed by atoms with Gasteiger partial charge in [0.15, 0.2) is 9.84 Å². The van der Waals surface area contributed by atoms with Crippen LogP contribution in [0.1, 0.15) is 25.3 Å². The van der Waals surface area contributed by atoms with Crippen molar-refractivity contribution in [3.8, 4) is 17.6 Å². The molecule has 1 heterocycles. The van der Waals surface area contributed by atoms with Crippen LogP contribution >= 0.6 is 0 Å². The highest BCUT2D eigenvalue weighted by Crippen LogP contribution is 2.35. The fourth-order valence-corrected chi connectivity index (χ4v) is 5.59. The number of likely N-dealkylation sites (tertiary alicyclic amines) is 1. The number of aliphatic carboxylic acids is 1. The lowest BCUT2D eigenvalue weighted by Crippen LogP contribution is -2.49. The van der Waals surface area contributed by atoms with Gasteiger partial charge in [0.25, 0.3) is 0 Å². The normalized spacial score (nSPS) is 15.0. The fourth-order valence-electron chi connectivity index (χ4n) is 3.73. The Labute approximate surface area is 199 Å². The van der Waals surface area contributed by atoms with E-state index < -0.39 is 33.1 Å². The van der Waals surface area contributed by atoms with Crippen LogP contribution < -0.4 is 4.74 Å². The Morgan fingerprint density at radius 3 is 2.29 bits per heavy atom. The van der Waals surface area contributed by atoms with Gasteiger partial charge >= 0.3 is 12.1 Å². The molecule has 180 valence electrons. The Kier molecular flexibility index (Phi) is 8.18. The molecule has 1 aliphatic heterocycles. The van der Waals surface area contributed by atoms with E-state index in [9.17, 15) is 23.1 Å². The van der Waals surface area contributed by atoms with Gasteiger partial charge in [-0.1, -0.05) is 36.3 Å². The summed E-state index contributed by atoms with van der Waals surface area (Å²) in [7, 11) is -3.89. The minimum atomic E-state index is -3.89. The molecule has 0 saturated carbocycles. The number of rotatable bonds is 8. The fraction of sp³-hybridized carbons (Fsp3) is 0.360. The molecule has 8 nitrogen and oxygen atoms in total. The molecule has 3 rings (SSSR count). The summed E-state index contributed by atoms with van der Waals surface area (Å²) in [5, 5.41) is 9.91. The van der Waals surface area contributed by atoms with Crippen LogP contribution in [0.25, 0.3) is 0 Å². The molecule has 1 aliphatic rings. The van der Waals surface area contributed by atoms with Gasteiger partial charge in [-0.3, -0.25) is 4.79 Å². The zero-order valence-electron chi connectivity index (χ0n) is 18.9. The van der Waals surface area contributed by atoms with E-state index >= 15 is 0 Å². The average molecular weight is 486 g/mol. The van der Waals surface area contributed by atoms with E-state index in [1.807, 2.05) is 30.3 Å². The molecular weight excluding hydrogens is 458 g/mol. The van der Waals surface area contributed by atoms with Crippen molar-refractivity contribution in [2.24, 2.45) is 5.41 Å². The van der Waals surface area contributed by atoms with Crippen molar-refractivity contribution < 1.29 is 32.6 Å². The molecule has 1 saturated heterocycles. The molecule has 1 amide bonds. The first-order valence-electron chi connectivity index (χ1n) is 10.8. The van der Waals surface area contributed by atoms with E-state index in [1.54, 1.807) is 6.92 Å². The van der Waals surface area contributed by atoms with Crippen molar-refractivity contribution in [3.63, 3.8) is 0 Å². The molecule has 0 unspecified atom stereocenters. The van der Waals surface area contributed by atoms with Gasteiger partial charge < -0.3 is 19.5 Å². The molecule has 1 fully saturated rings. The quantitative estimate of drug-likeness (QED) is 0.571. The predicted octanol–water partition coefficient (Wildman–Crippen LogP) is 3.37. The summed E-state index contributed by atoms with van der Waals surface area (Å²) >= 11 is 0. The van der Waals surface area contributed by atoms with Gasteiger partial charge in [0.05, 0.1) is 16.1 Å². The van der Waals surface area contributed by atoms with Gasteiger partial charge in [0.2, 0.25) is 0 Å². The maximum Gasteiger partial charge on any atom is 0.410 e. The SMILES string of the molecule is CC#CCOc1ccc(S(=O)(=O)CC2(C(=O)O)CCN(C(=O)OCc3ccccc3)CC2)cc1. The van der Waals surface area contributed by atoms with E-state index in [2.05, 4.69) is 11.8 Å². The standard InChI is InChI=1S/C25H27NO7S/c1-2-3-17-32-21-9-11-22(12-10-21)34(30,31)19-25(23(27)28)13-15-26(16-14-25)24(29)33-18-20-7-5-4-6-8-20/h4-12H,13-19H2,1H3,(H,27,28). The minimum absolute atomic E-state index is 0.0128. The van der Waals surface area contributed by atoms with Crippen LogP contribution in [0.4, 0.5) is 4.79 Å². The number of hydrogen-bond donors (Lipinski definition) is 1. The van der Waals surface area contributed by atoms with Gasteiger partial charge in [-0.25, -0.2) is 13.2 Å². The summed E-state index contributed by atoms with van der Waals surface area (Å²) in [6.07, 6.45) is -0.522. The first-order valence-corrected chi connectivity index (χ1v) is 12.5. The molecule has 0 radical (unpaired) electrons. The van der Waals surface area contributed by atoms with Crippen LogP contribution in [0.3, 0.4) is 0 Å². The smallest absolute Gasteiger partial charge is 0.410 e. The van der Waals surface area contributed by atoms with Gasteiger partial charge in [-0.15, -0.1) is 5.92 Å². The van der Waals surface area contributed by atoms with E-state index in [-0.39, 0.29) is 44.0 Å². The summed E-state index contributed by atoms with van der Waals surface area (Å²) in [5.74, 6) is 4.18. The largest absolute Gasteiger partial charge is 0.481 e. The van der Waals surface area contributed by atoms with Crippen LogP contribution in [0, 0.1) is 17.3 Å². The molecule has 0 spiro atoms. The molecule has 0 aromatic heterocycles. The molecule has 1 N–H and O–H groups in total. The lowest BCUT2D eigenvalue weighted by atomic mass is 9.80. The van der Waals surface area contributed by atoms with Gasteiger partial charge in [-0.05, 0) is 49.6 Å². The third kappa shape index (κ3) is 6.29. The highest BCUT2D eigenvalue weighted by atomic mass is 32.2. The topological polar surface area (TPSA) is 110 Å². The number of ether oxygens (including phenoxy) is 2. The molecule has 2 aromatic carbocycles. The summed E-state index contributed by atoms with van der Waals surface area (Å²) < 4.78 is 36.8. The highest BCUT2D eigenvalue weighted by molar-refractivity contribution is 7.91. The van der Waals surface area contributed by atoms with Gasteiger partial charge in [0.1, 0.15) is 19.0 Å². The molecule has 2 aromatic rings. The zero-order chi connectivity index (χ0) is 24.6. The first-order chi connectivity index (χ1) is 16.3.